The number of unbranched alkanes of at least 4 members (excludes halogenated alkanes) is 16. The molecule has 0 aliphatic heterocycles. The zero-order valence-corrected chi connectivity index (χ0v) is 23.2. The minimum Gasteiger partial charge on any atom is -0.396 e. The van der Waals surface area contributed by atoms with Gasteiger partial charge in [-0.15, -0.1) is 0 Å². The fourth-order valence-corrected chi connectivity index (χ4v) is 4.87. The van der Waals surface area contributed by atoms with Crippen LogP contribution in [-0.4, -0.2) is 35.4 Å². The van der Waals surface area contributed by atoms with Crippen molar-refractivity contribution in [1.29, 1.82) is 0 Å². The van der Waals surface area contributed by atoms with Crippen molar-refractivity contribution in [2.75, 3.05) is 13.2 Å². The summed E-state index contributed by atoms with van der Waals surface area (Å²) < 4.78 is 0. The largest absolute Gasteiger partial charge is 0.396 e. The number of nitrogens with one attached hydrogen (secondary N) is 1. The molecule has 0 radical (unpaired) electrons. The van der Waals surface area contributed by atoms with E-state index in [-0.39, 0.29) is 18.2 Å². The Morgan fingerprint density at radius 2 is 0.912 bits per heavy atom. The number of aliphatic hydroxyl groups excluding tert-OH is 1. The van der Waals surface area contributed by atoms with Crippen LogP contribution in [0, 0.1) is 0 Å². The van der Waals surface area contributed by atoms with E-state index in [1.807, 2.05) is 6.92 Å². The highest BCUT2D eigenvalue weighted by atomic mass is 16.3. The SMILES string of the molecule is CCCCCCCCCCCC(=O)C(CC)(NCCCO)C(=O)CCCCCCCCCCC. The van der Waals surface area contributed by atoms with Gasteiger partial charge in [0.05, 0.1) is 0 Å². The summed E-state index contributed by atoms with van der Waals surface area (Å²) in [6, 6.07) is 0. The lowest BCUT2D eigenvalue weighted by Crippen LogP contribution is -2.58. The van der Waals surface area contributed by atoms with Gasteiger partial charge in [-0.05, 0) is 32.2 Å². The molecule has 0 rings (SSSR count). The first-order chi connectivity index (χ1) is 16.6. The van der Waals surface area contributed by atoms with Crippen molar-refractivity contribution in [2.24, 2.45) is 0 Å². The number of Topliss-reactive ketones (excluding diaryl/α,β-unsaturated/α-hetero) is 2. The Morgan fingerprint density at radius 1 is 0.559 bits per heavy atom. The maximum atomic E-state index is 13.3. The first kappa shape index (κ1) is 33.3. The van der Waals surface area contributed by atoms with Gasteiger partial charge in [0.25, 0.3) is 0 Å². The number of hydrogen-bond donors (Lipinski definition) is 2. The number of rotatable bonds is 27. The highest BCUT2D eigenvalue weighted by Gasteiger charge is 2.41. The molecule has 202 valence electrons. The Labute approximate surface area is 212 Å². The van der Waals surface area contributed by atoms with Gasteiger partial charge in [-0.3, -0.25) is 14.9 Å². The summed E-state index contributed by atoms with van der Waals surface area (Å²) in [5, 5.41) is 12.5. The molecule has 0 saturated heterocycles. The first-order valence-electron chi connectivity index (χ1n) is 15.0. The number of ketones is 2. The zero-order valence-electron chi connectivity index (χ0n) is 23.2. The minimum absolute atomic E-state index is 0.0665. The highest BCUT2D eigenvalue weighted by molar-refractivity contribution is 6.11. The van der Waals surface area contributed by atoms with Gasteiger partial charge in [0.2, 0.25) is 0 Å². The normalized spacial score (nSPS) is 11.8. The summed E-state index contributed by atoms with van der Waals surface area (Å²) in [6.07, 6.45) is 24.0. The molecule has 0 bridgehead atoms. The van der Waals surface area contributed by atoms with Crippen molar-refractivity contribution in [1.82, 2.24) is 5.32 Å². The lowest BCUT2D eigenvalue weighted by Gasteiger charge is -2.31. The van der Waals surface area contributed by atoms with Crippen LogP contribution in [0.3, 0.4) is 0 Å². The van der Waals surface area contributed by atoms with Crippen molar-refractivity contribution in [3.8, 4) is 0 Å². The van der Waals surface area contributed by atoms with Crippen molar-refractivity contribution in [3.63, 3.8) is 0 Å². The molecule has 0 spiro atoms. The second-order valence-corrected chi connectivity index (χ2v) is 10.3. The molecule has 2 N–H and O–H groups in total. The van der Waals surface area contributed by atoms with Crippen LogP contribution in [0.2, 0.25) is 0 Å². The number of aliphatic hydroxyl groups is 1. The average molecular weight is 482 g/mol. The molecule has 0 aromatic carbocycles. The van der Waals surface area contributed by atoms with Crippen LogP contribution in [-0.2, 0) is 9.59 Å². The smallest absolute Gasteiger partial charge is 0.160 e. The van der Waals surface area contributed by atoms with Gasteiger partial charge in [0, 0.05) is 19.4 Å². The summed E-state index contributed by atoms with van der Waals surface area (Å²) in [5.41, 5.74) is -1.05. The van der Waals surface area contributed by atoms with Crippen LogP contribution in [0.15, 0.2) is 0 Å². The summed E-state index contributed by atoms with van der Waals surface area (Å²) >= 11 is 0. The van der Waals surface area contributed by atoms with E-state index in [1.165, 1.54) is 89.9 Å². The average Bonchev–Trinajstić information content (AvgIpc) is 2.84. The highest BCUT2D eigenvalue weighted by Crippen LogP contribution is 2.22. The molecular weight excluding hydrogens is 422 g/mol. The standard InChI is InChI=1S/C30H59NO3/c1-4-7-9-11-13-15-17-19-21-24-28(33)30(6-3,31-26-23-27-32)29(34)25-22-20-18-16-14-12-10-8-5-2/h31-32H,4-27H2,1-3H3. The second kappa shape index (κ2) is 24.0. The van der Waals surface area contributed by atoms with E-state index in [0.717, 1.165) is 25.7 Å². The first-order valence-corrected chi connectivity index (χ1v) is 15.0. The summed E-state index contributed by atoms with van der Waals surface area (Å²) in [4.78, 5) is 26.5. The molecule has 4 nitrogen and oxygen atoms in total. The van der Waals surface area contributed by atoms with Crippen LogP contribution in [0.5, 0.6) is 0 Å². The number of carbonyl (C=O) groups excluding carboxylic acids is 2. The zero-order chi connectivity index (χ0) is 25.3. The molecule has 0 aromatic rings. The summed E-state index contributed by atoms with van der Waals surface area (Å²) in [7, 11) is 0. The Hall–Kier alpha value is -0.740. The van der Waals surface area contributed by atoms with E-state index < -0.39 is 5.54 Å². The van der Waals surface area contributed by atoms with Crippen LogP contribution >= 0.6 is 0 Å². The van der Waals surface area contributed by atoms with Gasteiger partial charge < -0.3 is 5.11 Å². The number of hydrogen-bond acceptors (Lipinski definition) is 4. The molecule has 0 aromatic heterocycles. The van der Waals surface area contributed by atoms with Gasteiger partial charge in [0.1, 0.15) is 5.54 Å². The fraction of sp³-hybridized carbons (Fsp3) is 0.933. The molecule has 0 unspecified atom stereocenters. The lowest BCUT2D eigenvalue weighted by atomic mass is 9.81. The van der Waals surface area contributed by atoms with Gasteiger partial charge >= 0.3 is 0 Å². The van der Waals surface area contributed by atoms with E-state index in [1.54, 1.807) is 0 Å². The second-order valence-electron chi connectivity index (χ2n) is 10.3. The van der Waals surface area contributed by atoms with Crippen molar-refractivity contribution in [2.45, 2.75) is 168 Å². The lowest BCUT2D eigenvalue weighted by molar-refractivity contribution is -0.137. The van der Waals surface area contributed by atoms with Gasteiger partial charge in [-0.2, -0.15) is 0 Å². The quantitative estimate of drug-likeness (QED) is 0.0919. The van der Waals surface area contributed by atoms with Crippen molar-refractivity contribution < 1.29 is 14.7 Å². The van der Waals surface area contributed by atoms with Gasteiger partial charge in [-0.25, -0.2) is 0 Å². The van der Waals surface area contributed by atoms with E-state index >= 15 is 0 Å². The Balaban J connectivity index is 4.42. The van der Waals surface area contributed by atoms with Crippen LogP contribution in [0.25, 0.3) is 0 Å². The Morgan fingerprint density at radius 3 is 1.24 bits per heavy atom. The van der Waals surface area contributed by atoms with Crippen LogP contribution < -0.4 is 5.32 Å². The third-order valence-corrected chi connectivity index (χ3v) is 7.26. The van der Waals surface area contributed by atoms with Gasteiger partial charge in [0.15, 0.2) is 11.6 Å². The van der Waals surface area contributed by atoms with E-state index in [2.05, 4.69) is 19.2 Å². The topological polar surface area (TPSA) is 66.4 Å². The molecule has 0 aliphatic rings. The molecule has 0 saturated carbocycles. The summed E-state index contributed by atoms with van der Waals surface area (Å²) in [6.45, 7) is 7.03. The molecule has 4 heteroatoms. The monoisotopic (exact) mass is 481 g/mol. The molecular formula is C30H59NO3. The van der Waals surface area contributed by atoms with Crippen LogP contribution in [0.1, 0.15) is 162 Å². The van der Waals surface area contributed by atoms with E-state index in [0.29, 0.717) is 32.2 Å². The molecule has 0 fully saturated rings. The van der Waals surface area contributed by atoms with Crippen LogP contribution in [0.4, 0.5) is 0 Å². The molecule has 0 heterocycles. The maximum Gasteiger partial charge on any atom is 0.160 e. The summed E-state index contributed by atoms with van der Waals surface area (Å²) in [5.74, 6) is 0.133. The third-order valence-electron chi connectivity index (χ3n) is 7.26. The maximum absolute atomic E-state index is 13.3. The molecule has 34 heavy (non-hydrogen) atoms. The molecule has 0 amide bonds. The van der Waals surface area contributed by atoms with Gasteiger partial charge in [-0.1, -0.05) is 124 Å². The van der Waals surface area contributed by atoms with Crippen molar-refractivity contribution >= 4 is 11.6 Å². The predicted octanol–water partition coefficient (Wildman–Crippen LogP) is 8.09. The minimum atomic E-state index is -1.05. The van der Waals surface area contributed by atoms with E-state index in [4.69, 9.17) is 0 Å². The predicted molar refractivity (Wildman–Crippen MR) is 146 cm³/mol. The Kier molecular flexibility index (Phi) is 23.5. The molecule has 0 aliphatic carbocycles. The fourth-order valence-electron chi connectivity index (χ4n) is 4.87. The van der Waals surface area contributed by atoms with Crippen molar-refractivity contribution in [3.05, 3.63) is 0 Å². The third kappa shape index (κ3) is 16.0. The Bertz CT molecular complexity index is 444. The van der Waals surface area contributed by atoms with E-state index in [9.17, 15) is 14.7 Å². The molecule has 0 atom stereocenters. The number of carbonyl (C=O) groups is 2.